The molecule has 126 valence electrons. The maximum Gasteiger partial charge on any atom is 0.348 e. The van der Waals surface area contributed by atoms with E-state index in [1.165, 1.54) is 0 Å². The van der Waals surface area contributed by atoms with Gasteiger partial charge in [-0.25, -0.2) is 9.59 Å². The van der Waals surface area contributed by atoms with E-state index in [1.807, 2.05) is 7.05 Å². The molecule has 0 aliphatic carbocycles. The monoisotopic (exact) mass is 358 g/mol. The number of hydrogen-bond acceptors (Lipinski definition) is 4. The summed E-state index contributed by atoms with van der Waals surface area (Å²) in [5, 5.41) is 10.2. The molecule has 2 aliphatic heterocycles. The Bertz CT molecular complexity index is 591. The summed E-state index contributed by atoms with van der Waals surface area (Å²) in [6.45, 7) is 0. The lowest BCUT2D eigenvalue weighted by molar-refractivity contribution is -0.167. The highest BCUT2D eigenvalue weighted by atomic mass is 35.5. The zero-order valence-electron chi connectivity index (χ0n) is 12.7. The van der Waals surface area contributed by atoms with Gasteiger partial charge in [0.1, 0.15) is 0 Å². The summed E-state index contributed by atoms with van der Waals surface area (Å²) in [5.74, 6) is -1.66. The van der Waals surface area contributed by atoms with Gasteiger partial charge >= 0.3 is 11.9 Å². The maximum atomic E-state index is 12.3. The van der Waals surface area contributed by atoms with Crippen LogP contribution in [0.25, 0.3) is 0 Å². The molecule has 0 radical (unpaired) electrons. The first-order valence-electron chi connectivity index (χ1n) is 7.35. The van der Waals surface area contributed by atoms with Crippen LogP contribution in [0.3, 0.4) is 0 Å². The van der Waals surface area contributed by atoms with Crippen molar-refractivity contribution in [2.75, 3.05) is 7.05 Å². The molecule has 23 heavy (non-hydrogen) atoms. The summed E-state index contributed by atoms with van der Waals surface area (Å²) in [6.07, 6.45) is 2.59. The van der Waals surface area contributed by atoms with Gasteiger partial charge in [0.2, 0.25) is 5.60 Å². The van der Waals surface area contributed by atoms with E-state index in [4.69, 9.17) is 16.3 Å². The molecule has 1 aromatic rings. The number of carbonyl (C=O) groups excluding carboxylic acids is 1. The van der Waals surface area contributed by atoms with Crippen LogP contribution in [-0.4, -0.2) is 46.7 Å². The normalized spacial score (nSPS) is 29.7. The second kappa shape index (κ2) is 6.67. The largest absolute Gasteiger partial charge is 1.00 e. The predicted octanol–water partition coefficient (Wildman–Crippen LogP) is -0.419. The molecule has 7 heteroatoms. The third-order valence-corrected chi connectivity index (χ3v) is 5.13. The molecule has 0 aromatic heterocycles. The topological polar surface area (TPSA) is 66.8 Å². The van der Waals surface area contributed by atoms with E-state index in [2.05, 4.69) is 4.90 Å². The fraction of sp³-hybridized carbons (Fsp3) is 0.500. The highest BCUT2D eigenvalue weighted by Crippen LogP contribution is 2.42. The number of carboxylic acid groups (broad SMARTS) is 1. The van der Waals surface area contributed by atoms with Gasteiger partial charge in [-0.1, -0.05) is 11.6 Å². The van der Waals surface area contributed by atoms with E-state index in [0.29, 0.717) is 23.4 Å². The van der Waals surface area contributed by atoms with Crippen molar-refractivity contribution in [3.8, 4) is 0 Å². The van der Waals surface area contributed by atoms with Crippen LogP contribution < -0.4 is 12.4 Å². The van der Waals surface area contributed by atoms with Gasteiger partial charge in [0.05, 0.1) is 5.56 Å². The fourth-order valence-corrected chi connectivity index (χ4v) is 3.68. The van der Waals surface area contributed by atoms with Crippen LogP contribution in [0.15, 0.2) is 24.3 Å². The predicted molar refractivity (Wildman–Crippen MR) is 81.0 cm³/mol. The summed E-state index contributed by atoms with van der Waals surface area (Å²) in [5.41, 5.74) is -1.11. The number of halogens is 2. The Kier molecular flexibility index (Phi) is 5.23. The number of rotatable bonds is 3. The second-order valence-corrected chi connectivity index (χ2v) is 6.59. The third-order valence-electron chi connectivity index (χ3n) is 4.87. The number of ether oxygens (including phenoxy) is 1. The van der Waals surface area contributed by atoms with Gasteiger partial charge < -0.3 is 27.2 Å². The molecule has 2 bridgehead atoms. The van der Waals surface area contributed by atoms with Crippen LogP contribution in [-0.2, 0) is 9.53 Å². The zero-order valence-corrected chi connectivity index (χ0v) is 14.2. The van der Waals surface area contributed by atoms with E-state index in [9.17, 15) is 14.7 Å². The minimum atomic E-state index is -1.42. The minimum absolute atomic E-state index is 0. The molecule has 0 spiro atoms. The Morgan fingerprint density at radius 3 is 2.22 bits per heavy atom. The van der Waals surface area contributed by atoms with Gasteiger partial charge in [-0.3, -0.25) is 0 Å². The summed E-state index contributed by atoms with van der Waals surface area (Å²) < 4.78 is 5.49. The molecule has 0 saturated carbocycles. The summed E-state index contributed by atoms with van der Waals surface area (Å²) in [4.78, 5) is 26.3. The van der Waals surface area contributed by atoms with Crippen molar-refractivity contribution in [3.63, 3.8) is 0 Å². The van der Waals surface area contributed by atoms with E-state index >= 15 is 0 Å². The van der Waals surface area contributed by atoms with E-state index in [0.717, 1.165) is 12.8 Å². The Hall–Kier alpha value is -1.30. The molecule has 2 saturated heterocycles. The molecule has 5 nitrogen and oxygen atoms in total. The van der Waals surface area contributed by atoms with Gasteiger partial charge in [0.25, 0.3) is 0 Å². The van der Waals surface area contributed by atoms with Crippen LogP contribution >= 0.6 is 11.6 Å². The molecule has 1 aromatic carbocycles. The van der Waals surface area contributed by atoms with Crippen molar-refractivity contribution in [2.24, 2.45) is 0 Å². The highest BCUT2D eigenvalue weighted by Gasteiger charge is 2.54. The lowest BCUT2D eigenvalue weighted by Crippen LogP contribution is -3.00. The highest BCUT2D eigenvalue weighted by molar-refractivity contribution is 6.30. The van der Waals surface area contributed by atoms with E-state index in [1.54, 1.807) is 24.3 Å². The van der Waals surface area contributed by atoms with E-state index < -0.39 is 17.5 Å². The lowest BCUT2D eigenvalue weighted by atomic mass is 9.86. The molecule has 2 unspecified atom stereocenters. The van der Waals surface area contributed by atoms with Crippen LogP contribution in [0.1, 0.15) is 36.0 Å². The van der Waals surface area contributed by atoms with Crippen molar-refractivity contribution in [1.82, 2.24) is 4.90 Å². The first-order chi connectivity index (χ1) is 10.4. The molecule has 3 rings (SSSR count). The lowest BCUT2D eigenvalue weighted by Gasteiger charge is -2.41. The molecule has 1 N–H and O–H groups in total. The Labute approximate surface area is 146 Å². The molecule has 2 atom stereocenters. The number of carboxylic acids is 1. The Balaban J connectivity index is 0.00000192. The number of aliphatic carboxylic acids is 1. The molecule has 0 amide bonds. The van der Waals surface area contributed by atoms with Gasteiger partial charge in [0.15, 0.2) is 0 Å². The van der Waals surface area contributed by atoms with Crippen LogP contribution in [0.2, 0.25) is 5.02 Å². The molecule has 2 heterocycles. The molecular weight excluding hydrogens is 341 g/mol. The summed E-state index contributed by atoms with van der Waals surface area (Å²) in [6, 6.07) is 6.59. The van der Waals surface area contributed by atoms with Gasteiger partial charge in [-0.2, -0.15) is 0 Å². The average molecular weight is 359 g/mol. The SMILES string of the molecule is CN1C2CCC1CC(OC(=O)c1ccc(Cl)cc1)(C(=O)O)C2.[Cl-]. The number of fused-ring (bicyclic) bond motifs is 2. The number of hydrogen-bond donors (Lipinski definition) is 1. The third kappa shape index (κ3) is 3.32. The van der Waals surface area contributed by atoms with Crippen molar-refractivity contribution in [3.05, 3.63) is 34.9 Å². The molecule has 2 fully saturated rings. The van der Waals surface area contributed by atoms with Gasteiger partial charge in [-0.05, 0) is 44.2 Å². The fourth-order valence-electron chi connectivity index (χ4n) is 3.55. The smallest absolute Gasteiger partial charge is 0.348 e. The average Bonchev–Trinajstić information content (AvgIpc) is 2.71. The number of esters is 1. The van der Waals surface area contributed by atoms with Gasteiger partial charge in [0, 0.05) is 29.9 Å². The second-order valence-electron chi connectivity index (χ2n) is 6.15. The first-order valence-corrected chi connectivity index (χ1v) is 7.73. The first kappa shape index (κ1) is 18.0. The summed E-state index contributed by atoms with van der Waals surface area (Å²) >= 11 is 5.80. The zero-order chi connectivity index (χ0) is 15.9. The van der Waals surface area contributed by atoms with Crippen molar-refractivity contribution in [2.45, 2.75) is 43.4 Å². The van der Waals surface area contributed by atoms with E-state index in [-0.39, 0.29) is 24.5 Å². The number of piperidine rings is 1. The Morgan fingerprint density at radius 2 is 1.74 bits per heavy atom. The number of nitrogens with zero attached hydrogens (tertiary/aromatic N) is 1. The van der Waals surface area contributed by atoms with Crippen LogP contribution in [0.4, 0.5) is 0 Å². The Morgan fingerprint density at radius 1 is 1.22 bits per heavy atom. The van der Waals surface area contributed by atoms with Gasteiger partial charge in [-0.15, -0.1) is 0 Å². The molecule has 2 aliphatic rings. The van der Waals surface area contributed by atoms with Crippen LogP contribution in [0, 0.1) is 0 Å². The summed E-state index contributed by atoms with van der Waals surface area (Å²) in [7, 11) is 2.01. The number of benzene rings is 1. The maximum absolute atomic E-state index is 12.3. The van der Waals surface area contributed by atoms with Crippen molar-refractivity contribution < 1.29 is 31.8 Å². The standard InChI is InChI=1S/C16H18ClNO4.ClH/c1-18-12-6-7-13(18)9-16(8-12,15(20)21)22-14(19)10-2-4-11(17)5-3-10;/h2-5,12-13H,6-9H2,1H3,(H,20,21);1H/p-1. The number of carbonyl (C=O) groups is 2. The quantitative estimate of drug-likeness (QED) is 0.743. The van der Waals surface area contributed by atoms with Crippen LogP contribution in [0.5, 0.6) is 0 Å². The van der Waals surface area contributed by atoms with Crippen molar-refractivity contribution in [1.29, 1.82) is 0 Å². The van der Waals surface area contributed by atoms with Crippen molar-refractivity contribution >= 4 is 23.5 Å². The minimum Gasteiger partial charge on any atom is -1.00 e. The molecular formula is C16H18Cl2NO4-.